The Balaban J connectivity index is 1.81. The Hall–Kier alpha value is -2.72. The van der Waals surface area contributed by atoms with Crippen LogP contribution in [0.4, 0.5) is 0 Å². The summed E-state index contributed by atoms with van der Waals surface area (Å²) in [5, 5.41) is 19.9. The molecule has 2 aliphatic rings. The smallest absolute Gasteiger partial charge is 0.134 e. The molecule has 2 N–H and O–H groups in total. The maximum atomic E-state index is 10.3. The summed E-state index contributed by atoms with van der Waals surface area (Å²) >= 11 is 0. The number of benzene rings is 2. The number of hydrogen-bond donors (Lipinski definition) is 2. The van der Waals surface area contributed by atoms with Gasteiger partial charge in [-0.3, -0.25) is 0 Å². The van der Waals surface area contributed by atoms with E-state index in [4.69, 9.17) is 9.47 Å². The van der Waals surface area contributed by atoms with Gasteiger partial charge in [-0.25, -0.2) is 0 Å². The highest BCUT2D eigenvalue weighted by Crippen LogP contribution is 2.41. The van der Waals surface area contributed by atoms with E-state index in [1.807, 2.05) is 32.9 Å². The Morgan fingerprint density at radius 1 is 1.08 bits per heavy atom. The lowest BCUT2D eigenvalue weighted by atomic mass is 9.93. The molecule has 2 aliphatic heterocycles. The maximum Gasteiger partial charge on any atom is 0.134 e. The van der Waals surface area contributed by atoms with Crippen molar-refractivity contribution in [3.8, 4) is 17.2 Å². The van der Waals surface area contributed by atoms with Crippen molar-refractivity contribution in [1.29, 1.82) is 0 Å². The molecule has 0 aromatic heterocycles. The second-order valence-electron chi connectivity index (χ2n) is 7.40. The Kier molecular flexibility index (Phi) is 3.81. The second-order valence-corrected chi connectivity index (χ2v) is 7.40. The number of ether oxygens (including phenoxy) is 2. The number of rotatable bonds is 1. The molecule has 4 heteroatoms. The Morgan fingerprint density at radius 2 is 1.88 bits per heavy atom. The predicted octanol–water partition coefficient (Wildman–Crippen LogP) is 4.66. The molecule has 2 aromatic rings. The summed E-state index contributed by atoms with van der Waals surface area (Å²) in [6.45, 7) is 6.85. The van der Waals surface area contributed by atoms with Crippen LogP contribution in [-0.2, 0) is 11.3 Å². The van der Waals surface area contributed by atoms with Gasteiger partial charge in [-0.15, -0.1) is 0 Å². The molecule has 134 valence electrons. The quantitative estimate of drug-likeness (QED) is 0.785. The first-order valence-electron chi connectivity index (χ1n) is 8.69. The molecule has 4 rings (SSSR count). The van der Waals surface area contributed by atoms with Crippen LogP contribution < -0.4 is 4.74 Å². The van der Waals surface area contributed by atoms with Crippen molar-refractivity contribution >= 4 is 17.7 Å². The van der Waals surface area contributed by atoms with Crippen molar-refractivity contribution in [2.45, 2.75) is 33.0 Å². The van der Waals surface area contributed by atoms with E-state index in [-0.39, 0.29) is 17.1 Å². The van der Waals surface area contributed by atoms with Gasteiger partial charge >= 0.3 is 0 Å². The van der Waals surface area contributed by atoms with Crippen LogP contribution in [0.5, 0.6) is 17.2 Å². The van der Waals surface area contributed by atoms with Crippen molar-refractivity contribution in [3.05, 3.63) is 58.2 Å². The molecular formula is C22H22O4. The van der Waals surface area contributed by atoms with Gasteiger partial charge in [0.1, 0.15) is 23.9 Å². The molecule has 0 fully saturated rings. The summed E-state index contributed by atoms with van der Waals surface area (Å²) in [6.07, 6.45) is 6.17. The molecule has 2 aromatic carbocycles. The van der Waals surface area contributed by atoms with Crippen molar-refractivity contribution in [1.82, 2.24) is 0 Å². The number of aryl methyl sites for hydroxylation is 1. The summed E-state index contributed by atoms with van der Waals surface area (Å²) in [7, 11) is 0. The van der Waals surface area contributed by atoms with Crippen molar-refractivity contribution in [2.75, 3.05) is 6.61 Å². The van der Waals surface area contributed by atoms with Crippen LogP contribution >= 0.6 is 0 Å². The normalized spacial score (nSPS) is 17.6. The lowest BCUT2D eigenvalue weighted by Gasteiger charge is -2.23. The summed E-state index contributed by atoms with van der Waals surface area (Å²) < 4.78 is 12.0. The van der Waals surface area contributed by atoms with E-state index in [1.54, 1.807) is 6.07 Å². The molecule has 0 saturated heterocycles. The topological polar surface area (TPSA) is 58.9 Å². The molecule has 0 bridgehead atoms. The van der Waals surface area contributed by atoms with E-state index in [2.05, 4.69) is 18.2 Å². The third-order valence-electron chi connectivity index (χ3n) is 4.89. The fourth-order valence-corrected chi connectivity index (χ4v) is 3.53. The van der Waals surface area contributed by atoms with Crippen molar-refractivity contribution in [2.24, 2.45) is 0 Å². The highest BCUT2D eigenvalue weighted by molar-refractivity contribution is 5.90. The van der Waals surface area contributed by atoms with Gasteiger partial charge in [0, 0.05) is 28.3 Å². The predicted molar refractivity (Wildman–Crippen MR) is 102 cm³/mol. The minimum Gasteiger partial charge on any atom is -0.508 e. The molecule has 0 unspecified atom stereocenters. The number of phenolic OH excluding ortho intramolecular Hbond substituents is 2. The van der Waals surface area contributed by atoms with Crippen LogP contribution in [0.3, 0.4) is 0 Å². The first kappa shape index (κ1) is 16.7. The Labute approximate surface area is 153 Å². The van der Waals surface area contributed by atoms with E-state index in [9.17, 15) is 10.2 Å². The molecule has 0 amide bonds. The van der Waals surface area contributed by atoms with E-state index in [0.29, 0.717) is 18.8 Å². The summed E-state index contributed by atoms with van der Waals surface area (Å²) in [5.41, 5.74) is 5.23. The third-order valence-corrected chi connectivity index (χ3v) is 4.89. The average molecular weight is 350 g/mol. The highest BCUT2D eigenvalue weighted by atomic mass is 16.5. The first-order valence-corrected chi connectivity index (χ1v) is 8.69. The van der Waals surface area contributed by atoms with Crippen LogP contribution in [0, 0.1) is 6.92 Å². The lowest BCUT2D eigenvalue weighted by Crippen LogP contribution is -2.19. The molecule has 4 nitrogen and oxygen atoms in total. The maximum absolute atomic E-state index is 10.3. The van der Waals surface area contributed by atoms with Gasteiger partial charge in [-0.1, -0.05) is 24.3 Å². The van der Waals surface area contributed by atoms with Gasteiger partial charge in [-0.05, 0) is 44.0 Å². The van der Waals surface area contributed by atoms with Gasteiger partial charge in [0.2, 0.25) is 0 Å². The zero-order valence-electron chi connectivity index (χ0n) is 15.2. The number of aromatic hydroxyl groups is 2. The molecular weight excluding hydrogens is 328 g/mol. The summed E-state index contributed by atoms with van der Waals surface area (Å²) in [6, 6.07) is 7.09. The van der Waals surface area contributed by atoms with E-state index in [0.717, 1.165) is 33.6 Å². The van der Waals surface area contributed by atoms with Crippen LogP contribution in [0.2, 0.25) is 0 Å². The molecule has 0 spiro atoms. The van der Waals surface area contributed by atoms with Gasteiger partial charge in [-0.2, -0.15) is 0 Å². The van der Waals surface area contributed by atoms with Crippen LogP contribution in [0.1, 0.15) is 41.7 Å². The van der Waals surface area contributed by atoms with Gasteiger partial charge in [0.15, 0.2) is 0 Å². The zero-order chi connectivity index (χ0) is 18.5. The fraction of sp³-hybridized carbons (Fsp3) is 0.273. The highest BCUT2D eigenvalue weighted by Gasteiger charge is 2.24. The minimum atomic E-state index is -0.309. The van der Waals surface area contributed by atoms with E-state index < -0.39 is 0 Å². The van der Waals surface area contributed by atoms with Gasteiger partial charge in [0.25, 0.3) is 0 Å². The first-order chi connectivity index (χ1) is 12.3. The summed E-state index contributed by atoms with van der Waals surface area (Å²) in [5.74, 6) is 0.963. The van der Waals surface area contributed by atoms with Crippen molar-refractivity contribution in [3.63, 3.8) is 0 Å². The molecule has 0 atom stereocenters. The van der Waals surface area contributed by atoms with Gasteiger partial charge < -0.3 is 19.7 Å². The molecule has 0 saturated carbocycles. The van der Waals surface area contributed by atoms with E-state index in [1.165, 1.54) is 6.07 Å². The molecule has 2 heterocycles. The summed E-state index contributed by atoms with van der Waals surface area (Å²) in [4.78, 5) is 0. The number of fused-ring (bicyclic) bond motifs is 3. The minimum absolute atomic E-state index is 0.0551. The number of hydrogen-bond acceptors (Lipinski definition) is 4. The lowest BCUT2D eigenvalue weighted by molar-refractivity contribution is 0.00895. The molecule has 26 heavy (non-hydrogen) atoms. The van der Waals surface area contributed by atoms with Crippen LogP contribution in [-0.4, -0.2) is 22.4 Å². The SMILES string of the molecule is Cc1cc(O)cc(O)c1C1=Cc2ccc3c(c2OC1)C=CC(C)(C)OC3. The van der Waals surface area contributed by atoms with Crippen LogP contribution in [0.15, 0.2) is 30.3 Å². The molecule has 0 radical (unpaired) electrons. The average Bonchev–Trinajstić information content (AvgIpc) is 2.72. The Bertz CT molecular complexity index is 928. The van der Waals surface area contributed by atoms with Crippen LogP contribution in [0.25, 0.3) is 17.7 Å². The largest absolute Gasteiger partial charge is 0.508 e. The molecule has 0 aliphatic carbocycles. The monoisotopic (exact) mass is 350 g/mol. The standard InChI is InChI=1S/C22H22O4/c1-13-8-17(23)10-19(24)20(13)16-9-14-4-5-15-12-26-22(2,3)7-6-18(15)21(14)25-11-16/h4-10,23-24H,11-12H2,1-3H3. The van der Waals surface area contributed by atoms with Crippen molar-refractivity contribution < 1.29 is 19.7 Å². The van der Waals surface area contributed by atoms with E-state index >= 15 is 0 Å². The Morgan fingerprint density at radius 3 is 2.65 bits per heavy atom. The zero-order valence-corrected chi connectivity index (χ0v) is 15.2. The number of phenols is 2. The van der Waals surface area contributed by atoms with Gasteiger partial charge in [0.05, 0.1) is 12.2 Å². The third kappa shape index (κ3) is 2.86. The fourth-order valence-electron chi connectivity index (χ4n) is 3.53. The second kappa shape index (κ2) is 5.92.